The van der Waals surface area contributed by atoms with Crippen molar-refractivity contribution in [1.82, 2.24) is 14.9 Å². The Kier molecular flexibility index (Phi) is 4.83. The molecule has 1 aromatic carbocycles. The molecule has 0 saturated carbocycles. The fourth-order valence-electron chi connectivity index (χ4n) is 4.01. The van der Waals surface area contributed by atoms with Crippen LogP contribution in [0.3, 0.4) is 0 Å². The number of aryl methyl sites for hydroxylation is 2. The molecule has 2 aromatic rings. The van der Waals surface area contributed by atoms with Gasteiger partial charge in [0.25, 0.3) is 5.91 Å². The molecule has 0 radical (unpaired) electrons. The van der Waals surface area contributed by atoms with Crippen LogP contribution in [0.5, 0.6) is 0 Å². The zero-order valence-electron chi connectivity index (χ0n) is 15.9. The van der Waals surface area contributed by atoms with E-state index in [1.54, 1.807) is 0 Å². The van der Waals surface area contributed by atoms with Gasteiger partial charge in [0, 0.05) is 31.1 Å². The van der Waals surface area contributed by atoms with Crippen molar-refractivity contribution < 1.29 is 9.53 Å². The molecule has 1 unspecified atom stereocenters. The predicted octanol–water partition coefficient (Wildman–Crippen LogP) is 2.83. The highest BCUT2D eigenvalue weighted by atomic mass is 16.5. The maximum absolute atomic E-state index is 12.7. The van der Waals surface area contributed by atoms with Gasteiger partial charge in [-0.3, -0.25) is 4.79 Å². The van der Waals surface area contributed by atoms with Crippen LogP contribution >= 0.6 is 0 Å². The molecule has 6 heteroatoms. The highest BCUT2D eigenvalue weighted by molar-refractivity contribution is 5.95. The Morgan fingerprint density at radius 1 is 1.19 bits per heavy atom. The molecule has 6 nitrogen and oxygen atoms in total. The van der Waals surface area contributed by atoms with Crippen molar-refractivity contribution in [3.8, 4) is 0 Å². The summed E-state index contributed by atoms with van der Waals surface area (Å²) < 4.78 is 6.09. The van der Waals surface area contributed by atoms with Crippen molar-refractivity contribution in [1.29, 1.82) is 0 Å². The van der Waals surface area contributed by atoms with Gasteiger partial charge in [0.2, 0.25) is 5.95 Å². The number of carbonyl (C=O) groups excluding carboxylic acids is 1. The summed E-state index contributed by atoms with van der Waals surface area (Å²) in [6.45, 7) is 6.96. The zero-order chi connectivity index (χ0) is 18.9. The van der Waals surface area contributed by atoms with E-state index < -0.39 is 0 Å². The second-order valence-electron chi connectivity index (χ2n) is 7.73. The molecule has 0 aliphatic carbocycles. The number of carbonyl (C=O) groups is 1. The van der Waals surface area contributed by atoms with E-state index in [0.717, 1.165) is 42.7 Å². The first-order chi connectivity index (χ1) is 13.1. The topological polar surface area (TPSA) is 67.3 Å². The van der Waals surface area contributed by atoms with E-state index >= 15 is 0 Å². The molecule has 1 spiro atoms. The minimum Gasteiger partial charge on any atom is -0.371 e. The maximum Gasteiger partial charge on any atom is 0.254 e. The quantitative estimate of drug-likeness (QED) is 0.881. The molecular weight excluding hydrogens is 340 g/mol. The third-order valence-electron chi connectivity index (χ3n) is 5.66. The third kappa shape index (κ3) is 3.67. The Balaban J connectivity index is 1.30. The van der Waals surface area contributed by atoms with Crippen LogP contribution in [-0.2, 0) is 4.74 Å². The van der Waals surface area contributed by atoms with Crippen molar-refractivity contribution >= 4 is 11.9 Å². The first-order valence-electron chi connectivity index (χ1n) is 9.58. The SMILES string of the molecule is Cc1ccc(C(=O)N2CC3(C2)OCCC3CCNc2ncc(C)cn2)cc1. The standard InChI is InChI=1S/C21H26N4O2/c1-15-3-5-17(6-4-15)19(26)25-13-21(14-25)18(8-10-27-21)7-9-22-20-23-11-16(2)12-24-20/h3-6,11-12,18H,7-10,13-14H2,1-2H3,(H,22,23,24). The molecule has 27 heavy (non-hydrogen) atoms. The number of aromatic nitrogens is 2. The number of rotatable bonds is 5. The Bertz CT molecular complexity index is 798. The molecule has 0 bridgehead atoms. The average Bonchev–Trinajstić information content (AvgIpc) is 3.06. The second kappa shape index (κ2) is 7.27. The largest absolute Gasteiger partial charge is 0.371 e. The minimum atomic E-state index is -0.170. The first kappa shape index (κ1) is 17.9. The summed E-state index contributed by atoms with van der Waals surface area (Å²) in [5.41, 5.74) is 2.80. The van der Waals surface area contributed by atoms with Crippen LogP contribution < -0.4 is 5.32 Å². The van der Waals surface area contributed by atoms with Gasteiger partial charge in [-0.05, 0) is 50.3 Å². The molecule has 2 saturated heterocycles. The molecule has 2 aliphatic rings. The van der Waals surface area contributed by atoms with E-state index in [2.05, 4.69) is 15.3 Å². The van der Waals surface area contributed by atoms with E-state index in [9.17, 15) is 4.79 Å². The van der Waals surface area contributed by atoms with E-state index in [4.69, 9.17) is 4.74 Å². The van der Waals surface area contributed by atoms with E-state index in [1.807, 2.05) is 55.4 Å². The third-order valence-corrected chi connectivity index (χ3v) is 5.66. The van der Waals surface area contributed by atoms with Gasteiger partial charge in [0.1, 0.15) is 5.60 Å². The lowest BCUT2D eigenvalue weighted by Crippen LogP contribution is -2.66. The van der Waals surface area contributed by atoms with Crippen molar-refractivity contribution in [3.63, 3.8) is 0 Å². The fourth-order valence-corrected chi connectivity index (χ4v) is 4.01. The number of benzene rings is 1. The summed E-state index contributed by atoms with van der Waals surface area (Å²) in [4.78, 5) is 23.1. The summed E-state index contributed by atoms with van der Waals surface area (Å²) in [7, 11) is 0. The minimum absolute atomic E-state index is 0.0982. The highest BCUT2D eigenvalue weighted by Crippen LogP contribution is 2.42. The zero-order valence-corrected chi connectivity index (χ0v) is 15.9. The molecule has 1 atom stereocenters. The van der Waals surface area contributed by atoms with Crippen LogP contribution in [-0.4, -0.2) is 52.6 Å². The fraction of sp³-hybridized carbons (Fsp3) is 0.476. The van der Waals surface area contributed by atoms with Gasteiger partial charge in [-0.15, -0.1) is 0 Å². The number of anilines is 1. The van der Waals surface area contributed by atoms with Crippen LogP contribution in [0.25, 0.3) is 0 Å². The molecule has 1 aromatic heterocycles. The summed E-state index contributed by atoms with van der Waals surface area (Å²) in [5, 5.41) is 3.29. The lowest BCUT2D eigenvalue weighted by atomic mass is 9.78. The summed E-state index contributed by atoms with van der Waals surface area (Å²) >= 11 is 0. The lowest BCUT2D eigenvalue weighted by molar-refractivity contribution is -0.117. The maximum atomic E-state index is 12.7. The Morgan fingerprint density at radius 2 is 1.89 bits per heavy atom. The summed E-state index contributed by atoms with van der Waals surface area (Å²) in [5.74, 6) is 1.22. The van der Waals surface area contributed by atoms with Gasteiger partial charge < -0.3 is 15.0 Å². The first-order valence-corrected chi connectivity index (χ1v) is 9.58. The van der Waals surface area contributed by atoms with Gasteiger partial charge in [0.05, 0.1) is 13.1 Å². The van der Waals surface area contributed by atoms with Gasteiger partial charge in [-0.2, -0.15) is 0 Å². The van der Waals surface area contributed by atoms with Gasteiger partial charge in [-0.1, -0.05) is 17.7 Å². The average molecular weight is 366 g/mol. The van der Waals surface area contributed by atoms with Crippen LogP contribution in [0, 0.1) is 19.8 Å². The van der Waals surface area contributed by atoms with Crippen molar-refractivity contribution in [2.75, 3.05) is 31.6 Å². The van der Waals surface area contributed by atoms with E-state index in [0.29, 0.717) is 25.0 Å². The number of likely N-dealkylation sites (tertiary alicyclic amines) is 1. The summed E-state index contributed by atoms with van der Waals surface area (Å²) in [6.07, 6.45) is 5.67. The number of hydrogen-bond acceptors (Lipinski definition) is 5. The lowest BCUT2D eigenvalue weighted by Gasteiger charge is -2.50. The van der Waals surface area contributed by atoms with Crippen molar-refractivity contribution in [2.24, 2.45) is 5.92 Å². The smallest absolute Gasteiger partial charge is 0.254 e. The van der Waals surface area contributed by atoms with Crippen molar-refractivity contribution in [3.05, 3.63) is 53.3 Å². The van der Waals surface area contributed by atoms with Crippen LogP contribution in [0.2, 0.25) is 0 Å². The van der Waals surface area contributed by atoms with Crippen LogP contribution in [0.4, 0.5) is 5.95 Å². The highest BCUT2D eigenvalue weighted by Gasteiger charge is 2.54. The van der Waals surface area contributed by atoms with Gasteiger partial charge in [-0.25, -0.2) is 9.97 Å². The molecule has 1 amide bonds. The second-order valence-corrected chi connectivity index (χ2v) is 7.73. The van der Waals surface area contributed by atoms with Gasteiger partial charge >= 0.3 is 0 Å². The molecule has 3 heterocycles. The van der Waals surface area contributed by atoms with Crippen LogP contribution in [0.15, 0.2) is 36.7 Å². The van der Waals surface area contributed by atoms with E-state index in [-0.39, 0.29) is 11.5 Å². The summed E-state index contributed by atoms with van der Waals surface area (Å²) in [6, 6.07) is 7.77. The number of hydrogen-bond donors (Lipinski definition) is 1. The Labute approximate surface area is 160 Å². The predicted molar refractivity (Wildman–Crippen MR) is 104 cm³/mol. The monoisotopic (exact) mass is 366 g/mol. The van der Waals surface area contributed by atoms with Crippen molar-refractivity contribution in [2.45, 2.75) is 32.3 Å². The van der Waals surface area contributed by atoms with E-state index in [1.165, 1.54) is 0 Å². The molecule has 2 fully saturated rings. The number of nitrogens with zero attached hydrogens (tertiary/aromatic N) is 3. The molecule has 142 valence electrons. The molecular formula is C21H26N4O2. The molecule has 4 rings (SSSR count). The number of ether oxygens (including phenoxy) is 1. The normalized spacial score (nSPS) is 20.5. The van der Waals surface area contributed by atoms with Crippen LogP contribution in [0.1, 0.15) is 34.3 Å². The molecule has 2 aliphatic heterocycles. The van der Waals surface area contributed by atoms with Gasteiger partial charge in [0.15, 0.2) is 0 Å². The number of amides is 1. The number of nitrogens with one attached hydrogen (secondary N) is 1. The Morgan fingerprint density at radius 3 is 2.59 bits per heavy atom. The Hall–Kier alpha value is -2.47. The molecule has 1 N–H and O–H groups in total.